The fourth-order valence-electron chi connectivity index (χ4n) is 1.13. The Morgan fingerprint density at radius 2 is 2.08 bits per heavy atom. The molecule has 0 saturated carbocycles. The summed E-state index contributed by atoms with van der Waals surface area (Å²) >= 11 is 0. The summed E-state index contributed by atoms with van der Waals surface area (Å²) in [6, 6.07) is 3.38. The van der Waals surface area contributed by atoms with Gasteiger partial charge in [-0.3, -0.25) is 4.98 Å². The van der Waals surface area contributed by atoms with Gasteiger partial charge in [-0.15, -0.1) is 0 Å². The summed E-state index contributed by atoms with van der Waals surface area (Å²) in [5.74, 6) is -0.582. The third kappa shape index (κ3) is 2.05. The van der Waals surface area contributed by atoms with Crippen LogP contribution in [0.15, 0.2) is 12.1 Å². The van der Waals surface area contributed by atoms with E-state index in [1.807, 2.05) is 13.8 Å². The number of hydrogen-bond acceptors (Lipinski definition) is 2. The first-order chi connectivity index (χ1) is 6.02. The lowest BCUT2D eigenvalue weighted by Gasteiger charge is -2.06. The van der Waals surface area contributed by atoms with Gasteiger partial charge in [0.05, 0.1) is 11.3 Å². The second kappa shape index (κ2) is 3.56. The van der Waals surface area contributed by atoms with Crippen LogP contribution >= 0.6 is 0 Å². The standard InChI is InChI=1S/C10H13NO2/c1-6(2)9-5-4-8(10(12)13)7(3)11-9/h4-6H,1-3H3,(H,12,13). The largest absolute Gasteiger partial charge is 0.478 e. The van der Waals surface area contributed by atoms with Crippen molar-refractivity contribution in [2.24, 2.45) is 0 Å². The first kappa shape index (κ1) is 9.71. The molecule has 3 nitrogen and oxygen atoms in total. The van der Waals surface area contributed by atoms with Gasteiger partial charge in [0.1, 0.15) is 0 Å². The fraction of sp³-hybridized carbons (Fsp3) is 0.400. The zero-order valence-corrected chi connectivity index (χ0v) is 8.03. The monoisotopic (exact) mass is 179 g/mol. The number of pyridine rings is 1. The van der Waals surface area contributed by atoms with Crippen molar-refractivity contribution >= 4 is 5.97 Å². The lowest BCUT2D eigenvalue weighted by Crippen LogP contribution is -2.04. The molecule has 0 aliphatic carbocycles. The number of rotatable bonds is 2. The minimum absolute atomic E-state index is 0.282. The predicted molar refractivity (Wildman–Crippen MR) is 50.0 cm³/mol. The Bertz CT molecular complexity index is 332. The molecule has 1 N–H and O–H groups in total. The first-order valence-corrected chi connectivity index (χ1v) is 4.23. The van der Waals surface area contributed by atoms with Gasteiger partial charge in [0, 0.05) is 5.69 Å². The quantitative estimate of drug-likeness (QED) is 0.757. The van der Waals surface area contributed by atoms with Crippen LogP contribution in [0.25, 0.3) is 0 Å². The summed E-state index contributed by atoms with van der Waals surface area (Å²) < 4.78 is 0. The minimum atomic E-state index is -0.916. The van der Waals surface area contributed by atoms with Crippen LogP contribution in [0.3, 0.4) is 0 Å². The van der Waals surface area contributed by atoms with E-state index in [2.05, 4.69) is 4.98 Å². The summed E-state index contributed by atoms with van der Waals surface area (Å²) in [5, 5.41) is 8.76. The Hall–Kier alpha value is -1.38. The van der Waals surface area contributed by atoms with E-state index in [0.717, 1.165) is 5.69 Å². The maximum Gasteiger partial charge on any atom is 0.337 e. The van der Waals surface area contributed by atoms with Crippen molar-refractivity contribution in [3.63, 3.8) is 0 Å². The molecule has 3 heteroatoms. The van der Waals surface area contributed by atoms with E-state index in [1.165, 1.54) is 0 Å². The van der Waals surface area contributed by atoms with Gasteiger partial charge in [0.2, 0.25) is 0 Å². The molecule has 70 valence electrons. The maximum absolute atomic E-state index is 10.7. The van der Waals surface area contributed by atoms with E-state index in [-0.39, 0.29) is 5.56 Å². The van der Waals surface area contributed by atoms with Crippen LogP contribution in [0.5, 0.6) is 0 Å². The Morgan fingerprint density at radius 1 is 1.46 bits per heavy atom. The fourth-order valence-corrected chi connectivity index (χ4v) is 1.13. The molecule has 0 spiro atoms. The summed E-state index contributed by atoms with van der Waals surface area (Å²) in [4.78, 5) is 14.9. The lowest BCUT2D eigenvalue weighted by atomic mass is 10.1. The lowest BCUT2D eigenvalue weighted by molar-refractivity contribution is 0.0695. The minimum Gasteiger partial charge on any atom is -0.478 e. The average Bonchev–Trinajstić information content (AvgIpc) is 2.03. The van der Waals surface area contributed by atoms with Gasteiger partial charge < -0.3 is 5.11 Å². The van der Waals surface area contributed by atoms with E-state index in [0.29, 0.717) is 11.6 Å². The Kier molecular flexibility index (Phi) is 2.66. The van der Waals surface area contributed by atoms with E-state index < -0.39 is 5.97 Å². The maximum atomic E-state index is 10.7. The van der Waals surface area contributed by atoms with Crippen molar-refractivity contribution in [1.29, 1.82) is 0 Å². The van der Waals surface area contributed by atoms with E-state index >= 15 is 0 Å². The van der Waals surface area contributed by atoms with Crippen LogP contribution < -0.4 is 0 Å². The second-order valence-corrected chi connectivity index (χ2v) is 3.33. The molecule has 0 amide bonds. The Morgan fingerprint density at radius 3 is 2.46 bits per heavy atom. The van der Waals surface area contributed by atoms with Crippen molar-refractivity contribution in [2.75, 3.05) is 0 Å². The summed E-state index contributed by atoms with van der Waals surface area (Å²) in [6.45, 7) is 5.78. The van der Waals surface area contributed by atoms with Crippen LogP contribution in [0, 0.1) is 6.92 Å². The molecular formula is C10H13NO2. The second-order valence-electron chi connectivity index (χ2n) is 3.33. The van der Waals surface area contributed by atoms with Crippen LogP contribution in [-0.2, 0) is 0 Å². The van der Waals surface area contributed by atoms with Crippen LogP contribution in [-0.4, -0.2) is 16.1 Å². The Balaban J connectivity index is 3.13. The summed E-state index contributed by atoms with van der Waals surface area (Å²) in [6.07, 6.45) is 0. The van der Waals surface area contributed by atoms with Crippen molar-refractivity contribution in [2.45, 2.75) is 26.7 Å². The van der Waals surface area contributed by atoms with Crippen molar-refractivity contribution in [1.82, 2.24) is 4.98 Å². The molecule has 0 aromatic carbocycles. The molecule has 0 atom stereocenters. The zero-order valence-electron chi connectivity index (χ0n) is 8.03. The van der Waals surface area contributed by atoms with Crippen LogP contribution in [0.2, 0.25) is 0 Å². The molecule has 1 rings (SSSR count). The molecule has 13 heavy (non-hydrogen) atoms. The molecule has 1 heterocycles. The van der Waals surface area contributed by atoms with Crippen molar-refractivity contribution in [3.05, 3.63) is 29.1 Å². The van der Waals surface area contributed by atoms with Gasteiger partial charge in [0.25, 0.3) is 0 Å². The number of hydrogen-bond donors (Lipinski definition) is 1. The molecule has 0 fully saturated rings. The molecule has 0 aliphatic rings. The highest BCUT2D eigenvalue weighted by atomic mass is 16.4. The number of aromatic nitrogens is 1. The van der Waals surface area contributed by atoms with Crippen LogP contribution in [0.1, 0.15) is 41.5 Å². The summed E-state index contributed by atoms with van der Waals surface area (Å²) in [5.41, 5.74) is 1.80. The number of carboxylic acids is 1. The first-order valence-electron chi connectivity index (χ1n) is 4.23. The van der Waals surface area contributed by atoms with Gasteiger partial charge in [-0.2, -0.15) is 0 Å². The highest BCUT2D eigenvalue weighted by Gasteiger charge is 2.09. The molecule has 0 aliphatic heterocycles. The van der Waals surface area contributed by atoms with E-state index in [4.69, 9.17) is 5.11 Å². The normalized spacial score (nSPS) is 10.5. The SMILES string of the molecule is Cc1nc(C(C)C)ccc1C(=O)O. The van der Waals surface area contributed by atoms with Gasteiger partial charge in [-0.25, -0.2) is 4.79 Å². The molecule has 0 radical (unpaired) electrons. The molecule has 0 unspecified atom stereocenters. The third-order valence-electron chi connectivity index (χ3n) is 1.93. The topological polar surface area (TPSA) is 50.2 Å². The average molecular weight is 179 g/mol. The third-order valence-corrected chi connectivity index (χ3v) is 1.93. The highest BCUT2D eigenvalue weighted by molar-refractivity contribution is 5.88. The van der Waals surface area contributed by atoms with Crippen LogP contribution in [0.4, 0.5) is 0 Å². The number of carboxylic acid groups (broad SMARTS) is 1. The van der Waals surface area contributed by atoms with Crippen molar-refractivity contribution in [3.8, 4) is 0 Å². The summed E-state index contributed by atoms with van der Waals surface area (Å²) in [7, 11) is 0. The van der Waals surface area contributed by atoms with Crippen molar-refractivity contribution < 1.29 is 9.90 Å². The zero-order chi connectivity index (χ0) is 10.0. The number of aromatic carboxylic acids is 1. The molecule has 0 bridgehead atoms. The Labute approximate surface area is 77.4 Å². The molecule has 0 saturated heterocycles. The van der Waals surface area contributed by atoms with Gasteiger partial charge >= 0.3 is 5.97 Å². The number of nitrogens with zero attached hydrogens (tertiary/aromatic N) is 1. The molecule has 1 aromatic rings. The van der Waals surface area contributed by atoms with Gasteiger partial charge in [0.15, 0.2) is 0 Å². The molecule has 1 aromatic heterocycles. The number of aryl methyl sites for hydroxylation is 1. The smallest absolute Gasteiger partial charge is 0.337 e. The van der Waals surface area contributed by atoms with Gasteiger partial charge in [-0.05, 0) is 25.0 Å². The highest BCUT2D eigenvalue weighted by Crippen LogP contribution is 2.14. The number of carbonyl (C=O) groups is 1. The van der Waals surface area contributed by atoms with Gasteiger partial charge in [-0.1, -0.05) is 13.8 Å². The van der Waals surface area contributed by atoms with E-state index in [1.54, 1.807) is 19.1 Å². The predicted octanol–water partition coefficient (Wildman–Crippen LogP) is 2.21. The van der Waals surface area contributed by atoms with E-state index in [9.17, 15) is 4.79 Å². The molecular weight excluding hydrogens is 166 g/mol.